The van der Waals surface area contributed by atoms with Gasteiger partial charge in [-0.25, -0.2) is 8.42 Å². The Balaban J connectivity index is 2.13. The Morgan fingerprint density at radius 1 is 1.03 bits per heavy atom. The lowest BCUT2D eigenvalue weighted by molar-refractivity contribution is -0.137. The van der Waals surface area contributed by atoms with Gasteiger partial charge in [-0.05, 0) is 48.7 Å². The van der Waals surface area contributed by atoms with E-state index < -0.39 is 27.7 Å². The van der Waals surface area contributed by atoms with Crippen molar-refractivity contribution in [3.05, 3.63) is 53.6 Å². The van der Waals surface area contributed by atoms with Gasteiger partial charge in [-0.2, -0.15) is 13.2 Å². The number of anilines is 2. The van der Waals surface area contributed by atoms with Crippen molar-refractivity contribution in [2.24, 2.45) is 0 Å². The van der Waals surface area contributed by atoms with Gasteiger partial charge in [-0.3, -0.25) is 9.52 Å². The SMILES string of the molecule is CCCCCS(=O)(=O)NC(=O)CCc1ccc(OCCOC)cc1Nc1ccc(C(F)(F)F)cc1. The van der Waals surface area contributed by atoms with Crippen LogP contribution in [0.2, 0.25) is 0 Å². The number of alkyl halides is 3. The number of benzene rings is 2. The van der Waals surface area contributed by atoms with E-state index in [0.29, 0.717) is 42.3 Å². The molecular weight excluding hydrogens is 485 g/mol. The molecule has 2 aromatic rings. The van der Waals surface area contributed by atoms with E-state index in [1.807, 2.05) is 6.92 Å². The number of carbonyl (C=O) groups excluding carboxylic acids is 1. The topological polar surface area (TPSA) is 93.7 Å². The number of hydrogen-bond donors (Lipinski definition) is 2. The van der Waals surface area contributed by atoms with E-state index in [0.717, 1.165) is 25.0 Å². The molecule has 0 bridgehead atoms. The van der Waals surface area contributed by atoms with Crippen LogP contribution in [0.3, 0.4) is 0 Å². The number of halogens is 3. The van der Waals surface area contributed by atoms with Gasteiger partial charge in [0.1, 0.15) is 12.4 Å². The van der Waals surface area contributed by atoms with E-state index in [-0.39, 0.29) is 18.6 Å². The second kappa shape index (κ2) is 13.3. The minimum Gasteiger partial charge on any atom is -0.491 e. The second-order valence-electron chi connectivity index (χ2n) is 7.91. The van der Waals surface area contributed by atoms with Crippen molar-refractivity contribution >= 4 is 27.3 Å². The number of unbranched alkanes of at least 4 members (excludes halogenated alkanes) is 2. The summed E-state index contributed by atoms with van der Waals surface area (Å²) in [6, 6.07) is 9.64. The molecule has 0 aromatic heterocycles. The van der Waals surface area contributed by atoms with Gasteiger partial charge in [0.25, 0.3) is 0 Å². The number of sulfonamides is 1. The number of aryl methyl sites for hydroxylation is 1. The zero-order valence-corrected chi connectivity index (χ0v) is 20.6. The fraction of sp³-hybridized carbons (Fsp3) is 0.458. The molecule has 0 spiro atoms. The zero-order valence-electron chi connectivity index (χ0n) is 19.8. The summed E-state index contributed by atoms with van der Waals surface area (Å²) in [5.41, 5.74) is 0.841. The normalized spacial score (nSPS) is 11.8. The molecule has 0 saturated carbocycles. The van der Waals surface area contributed by atoms with Gasteiger partial charge in [0, 0.05) is 31.0 Å². The Hall–Kier alpha value is -2.79. The van der Waals surface area contributed by atoms with Crippen LogP contribution in [-0.2, 0) is 32.2 Å². The van der Waals surface area contributed by atoms with Crippen molar-refractivity contribution in [3.63, 3.8) is 0 Å². The molecule has 0 fully saturated rings. The molecular formula is C24H31F3N2O5S. The minimum atomic E-state index is -4.44. The maximum absolute atomic E-state index is 12.9. The number of methoxy groups -OCH3 is 1. The van der Waals surface area contributed by atoms with Gasteiger partial charge >= 0.3 is 6.18 Å². The molecule has 35 heavy (non-hydrogen) atoms. The molecule has 0 saturated heterocycles. The fourth-order valence-electron chi connectivity index (χ4n) is 3.19. The van der Waals surface area contributed by atoms with Crippen LogP contribution in [0, 0.1) is 0 Å². The van der Waals surface area contributed by atoms with Crippen molar-refractivity contribution in [3.8, 4) is 5.75 Å². The summed E-state index contributed by atoms with van der Waals surface area (Å²) in [6.07, 6.45) is -2.22. The highest BCUT2D eigenvalue weighted by molar-refractivity contribution is 7.90. The summed E-state index contributed by atoms with van der Waals surface area (Å²) in [4.78, 5) is 12.3. The third-order valence-corrected chi connectivity index (χ3v) is 6.40. The Kier molecular flexibility index (Phi) is 10.8. The molecule has 0 aliphatic carbocycles. The first kappa shape index (κ1) is 28.4. The van der Waals surface area contributed by atoms with Crippen LogP contribution < -0.4 is 14.8 Å². The third kappa shape index (κ3) is 10.2. The average Bonchev–Trinajstić information content (AvgIpc) is 2.78. The van der Waals surface area contributed by atoms with Gasteiger partial charge in [0.15, 0.2) is 0 Å². The van der Waals surface area contributed by atoms with E-state index in [9.17, 15) is 26.4 Å². The Morgan fingerprint density at radius 3 is 2.37 bits per heavy atom. The van der Waals surface area contributed by atoms with Crippen LogP contribution in [0.5, 0.6) is 5.75 Å². The van der Waals surface area contributed by atoms with Crippen molar-refractivity contribution in [2.75, 3.05) is 31.4 Å². The first-order chi connectivity index (χ1) is 16.5. The summed E-state index contributed by atoms with van der Waals surface area (Å²) in [5, 5.41) is 3.06. The molecule has 2 rings (SSSR count). The maximum atomic E-state index is 12.9. The predicted octanol–water partition coefficient (Wildman–Crippen LogP) is 5.04. The highest BCUT2D eigenvalue weighted by atomic mass is 32.2. The second-order valence-corrected chi connectivity index (χ2v) is 9.75. The van der Waals surface area contributed by atoms with Crippen molar-refractivity contribution in [1.29, 1.82) is 0 Å². The Bertz CT molecular complexity index is 1060. The van der Waals surface area contributed by atoms with E-state index >= 15 is 0 Å². The standard InChI is InChI=1S/C24H31F3N2O5S/c1-3-4-5-16-35(31,32)29-23(30)13-7-18-6-12-21(34-15-14-33-2)17-22(18)28-20-10-8-19(9-11-20)24(25,26)27/h6,8-12,17,28H,3-5,7,13-16H2,1-2H3,(H,29,30). The van der Waals surface area contributed by atoms with Crippen molar-refractivity contribution in [2.45, 2.75) is 45.2 Å². The molecule has 2 N–H and O–H groups in total. The Labute approximate surface area is 204 Å². The van der Waals surface area contributed by atoms with Crippen molar-refractivity contribution in [1.82, 2.24) is 4.72 Å². The molecule has 1 amide bonds. The summed E-state index contributed by atoms with van der Waals surface area (Å²) >= 11 is 0. The van der Waals surface area contributed by atoms with Gasteiger partial charge in [0.2, 0.25) is 15.9 Å². The summed E-state index contributed by atoms with van der Waals surface area (Å²) in [6.45, 7) is 2.62. The largest absolute Gasteiger partial charge is 0.491 e. The van der Waals surface area contributed by atoms with Crippen LogP contribution in [0.15, 0.2) is 42.5 Å². The number of hydrogen-bond acceptors (Lipinski definition) is 6. The maximum Gasteiger partial charge on any atom is 0.416 e. The first-order valence-electron chi connectivity index (χ1n) is 11.3. The van der Waals surface area contributed by atoms with E-state index in [1.165, 1.54) is 12.1 Å². The summed E-state index contributed by atoms with van der Waals surface area (Å²) in [5.74, 6) is -0.230. The van der Waals surface area contributed by atoms with Crippen LogP contribution in [-0.4, -0.2) is 40.4 Å². The van der Waals surface area contributed by atoms with Crippen LogP contribution in [0.4, 0.5) is 24.5 Å². The fourth-order valence-corrected chi connectivity index (χ4v) is 4.32. The summed E-state index contributed by atoms with van der Waals surface area (Å²) < 4.78 is 75.4. The lowest BCUT2D eigenvalue weighted by atomic mass is 10.1. The van der Waals surface area contributed by atoms with Gasteiger partial charge in [-0.1, -0.05) is 25.8 Å². The molecule has 0 unspecified atom stereocenters. The third-order valence-electron chi connectivity index (χ3n) is 5.04. The molecule has 194 valence electrons. The number of rotatable bonds is 14. The van der Waals surface area contributed by atoms with Crippen LogP contribution in [0.25, 0.3) is 0 Å². The number of carbonyl (C=O) groups is 1. The minimum absolute atomic E-state index is 0.0847. The van der Waals surface area contributed by atoms with Crippen LogP contribution in [0.1, 0.15) is 43.7 Å². The number of ether oxygens (including phenoxy) is 2. The van der Waals surface area contributed by atoms with E-state index in [4.69, 9.17) is 9.47 Å². The lowest BCUT2D eigenvalue weighted by Crippen LogP contribution is -2.32. The van der Waals surface area contributed by atoms with Gasteiger partial charge < -0.3 is 14.8 Å². The van der Waals surface area contributed by atoms with Crippen LogP contribution >= 0.6 is 0 Å². The predicted molar refractivity (Wildman–Crippen MR) is 128 cm³/mol. The highest BCUT2D eigenvalue weighted by Gasteiger charge is 2.30. The van der Waals surface area contributed by atoms with Crippen molar-refractivity contribution < 1.29 is 35.9 Å². The molecule has 0 radical (unpaired) electrons. The number of amides is 1. The first-order valence-corrected chi connectivity index (χ1v) is 12.9. The molecule has 11 heteroatoms. The van der Waals surface area contributed by atoms with E-state index in [2.05, 4.69) is 10.0 Å². The smallest absolute Gasteiger partial charge is 0.416 e. The molecule has 0 heterocycles. The lowest BCUT2D eigenvalue weighted by Gasteiger charge is -2.15. The van der Waals surface area contributed by atoms with Gasteiger partial charge in [-0.15, -0.1) is 0 Å². The molecule has 2 aromatic carbocycles. The van der Waals surface area contributed by atoms with Gasteiger partial charge in [0.05, 0.1) is 17.9 Å². The molecule has 7 nitrogen and oxygen atoms in total. The molecule has 0 atom stereocenters. The highest BCUT2D eigenvalue weighted by Crippen LogP contribution is 2.32. The quantitative estimate of drug-likeness (QED) is 0.342. The monoisotopic (exact) mass is 516 g/mol. The average molecular weight is 517 g/mol. The Morgan fingerprint density at radius 2 is 1.74 bits per heavy atom. The number of nitrogens with one attached hydrogen (secondary N) is 2. The molecule has 0 aliphatic heterocycles. The zero-order chi connectivity index (χ0) is 25.9. The molecule has 0 aliphatic rings. The van der Waals surface area contributed by atoms with E-state index in [1.54, 1.807) is 25.3 Å². The summed E-state index contributed by atoms with van der Waals surface area (Å²) in [7, 11) is -2.15.